The molecule has 0 saturated carbocycles. The van der Waals surface area contributed by atoms with Gasteiger partial charge in [0.05, 0.1) is 6.54 Å². The van der Waals surface area contributed by atoms with E-state index in [1.165, 1.54) is 5.56 Å². The van der Waals surface area contributed by atoms with Gasteiger partial charge in [0.2, 0.25) is 0 Å². The van der Waals surface area contributed by atoms with Crippen LogP contribution in [0.25, 0.3) is 10.6 Å². The number of hydrogen-bond acceptors (Lipinski definition) is 3. The second-order valence-electron chi connectivity index (χ2n) is 5.70. The van der Waals surface area contributed by atoms with Crippen molar-refractivity contribution in [1.82, 2.24) is 4.98 Å². The maximum Gasteiger partial charge on any atom is 0.186 e. The summed E-state index contributed by atoms with van der Waals surface area (Å²) in [6.45, 7) is 7.11. The van der Waals surface area contributed by atoms with Crippen molar-refractivity contribution >= 4 is 17.3 Å². The zero-order valence-corrected chi connectivity index (χ0v) is 12.9. The number of rotatable bonds is 3. The van der Waals surface area contributed by atoms with Crippen LogP contribution in [0.4, 0.5) is 0 Å². The van der Waals surface area contributed by atoms with Crippen molar-refractivity contribution in [1.29, 1.82) is 0 Å². The molecule has 0 fully saturated rings. The highest BCUT2D eigenvalue weighted by Crippen LogP contribution is 2.28. The molecule has 4 N–H and O–H groups in total. The molecule has 0 spiro atoms. The standard InChI is InChI=1S/C15H20N4S/c1-15(2,3)11-6-4-10(5-7-11)13-18-8-12(20-13)9-19-14(16)17/h4-8H,9H2,1-3H3,(H4,16,17,19). The van der Waals surface area contributed by atoms with Crippen molar-refractivity contribution in [3.63, 3.8) is 0 Å². The van der Waals surface area contributed by atoms with E-state index in [0.29, 0.717) is 6.54 Å². The first-order valence-electron chi connectivity index (χ1n) is 6.47. The SMILES string of the molecule is CC(C)(C)c1ccc(-c2ncc(CN=C(N)N)s2)cc1. The van der Waals surface area contributed by atoms with Gasteiger partial charge in [0, 0.05) is 16.6 Å². The zero-order valence-electron chi connectivity index (χ0n) is 12.1. The molecular formula is C15H20N4S. The lowest BCUT2D eigenvalue weighted by atomic mass is 9.87. The Morgan fingerprint density at radius 2 is 1.85 bits per heavy atom. The van der Waals surface area contributed by atoms with Gasteiger partial charge in [-0.05, 0) is 11.0 Å². The first kappa shape index (κ1) is 14.5. The van der Waals surface area contributed by atoms with Gasteiger partial charge in [-0.15, -0.1) is 11.3 Å². The van der Waals surface area contributed by atoms with E-state index in [4.69, 9.17) is 11.5 Å². The van der Waals surface area contributed by atoms with E-state index in [0.717, 1.165) is 15.4 Å². The van der Waals surface area contributed by atoms with Gasteiger partial charge in [-0.25, -0.2) is 9.98 Å². The highest BCUT2D eigenvalue weighted by molar-refractivity contribution is 7.15. The Bertz CT molecular complexity index is 602. The number of nitrogens with two attached hydrogens (primary N) is 2. The molecule has 0 aliphatic heterocycles. The van der Waals surface area contributed by atoms with Crippen molar-refractivity contribution in [3.05, 3.63) is 40.9 Å². The molecule has 5 heteroatoms. The van der Waals surface area contributed by atoms with E-state index in [1.54, 1.807) is 11.3 Å². The lowest BCUT2D eigenvalue weighted by Gasteiger charge is -2.18. The lowest BCUT2D eigenvalue weighted by Crippen LogP contribution is -2.22. The maximum absolute atomic E-state index is 5.33. The summed E-state index contributed by atoms with van der Waals surface area (Å²) in [5.74, 6) is 0.106. The normalized spacial score (nSPS) is 11.3. The molecule has 0 aliphatic rings. The van der Waals surface area contributed by atoms with E-state index in [2.05, 4.69) is 55.0 Å². The van der Waals surface area contributed by atoms with Crippen LogP contribution in [0.15, 0.2) is 35.5 Å². The molecule has 0 radical (unpaired) electrons. The van der Waals surface area contributed by atoms with Crippen LogP contribution in [0, 0.1) is 0 Å². The molecule has 1 heterocycles. The van der Waals surface area contributed by atoms with Crippen LogP contribution in [0.5, 0.6) is 0 Å². The minimum absolute atomic E-state index is 0.106. The number of hydrogen-bond donors (Lipinski definition) is 2. The lowest BCUT2D eigenvalue weighted by molar-refractivity contribution is 0.590. The van der Waals surface area contributed by atoms with Crippen LogP contribution in [-0.2, 0) is 12.0 Å². The van der Waals surface area contributed by atoms with Gasteiger partial charge in [0.25, 0.3) is 0 Å². The second-order valence-corrected chi connectivity index (χ2v) is 6.82. The average Bonchev–Trinajstić information content (AvgIpc) is 2.84. The highest BCUT2D eigenvalue weighted by Gasteiger charge is 2.13. The summed E-state index contributed by atoms with van der Waals surface area (Å²) >= 11 is 1.61. The number of aromatic nitrogens is 1. The second kappa shape index (κ2) is 5.63. The summed E-state index contributed by atoms with van der Waals surface area (Å²) in [5.41, 5.74) is 13.3. The molecule has 4 nitrogen and oxygen atoms in total. The monoisotopic (exact) mass is 288 g/mol. The van der Waals surface area contributed by atoms with Gasteiger partial charge in [-0.3, -0.25) is 0 Å². The van der Waals surface area contributed by atoms with Crippen molar-refractivity contribution in [3.8, 4) is 10.6 Å². The molecule has 20 heavy (non-hydrogen) atoms. The topological polar surface area (TPSA) is 77.3 Å². The van der Waals surface area contributed by atoms with E-state index in [-0.39, 0.29) is 11.4 Å². The maximum atomic E-state index is 5.33. The molecule has 0 unspecified atom stereocenters. The molecular weight excluding hydrogens is 268 g/mol. The Kier molecular flexibility index (Phi) is 4.09. The number of benzene rings is 1. The third kappa shape index (κ3) is 3.57. The van der Waals surface area contributed by atoms with E-state index in [1.807, 2.05) is 6.20 Å². The van der Waals surface area contributed by atoms with Crippen molar-refractivity contribution in [2.24, 2.45) is 16.5 Å². The Hall–Kier alpha value is -1.88. The Morgan fingerprint density at radius 1 is 1.20 bits per heavy atom. The molecule has 0 bridgehead atoms. The van der Waals surface area contributed by atoms with Crippen LogP contribution < -0.4 is 11.5 Å². The minimum Gasteiger partial charge on any atom is -0.370 e. The molecule has 0 atom stereocenters. The van der Waals surface area contributed by atoms with Crippen LogP contribution >= 0.6 is 11.3 Å². The highest BCUT2D eigenvalue weighted by atomic mass is 32.1. The summed E-state index contributed by atoms with van der Waals surface area (Å²) in [6, 6.07) is 8.55. The predicted octanol–water partition coefficient (Wildman–Crippen LogP) is 2.88. The van der Waals surface area contributed by atoms with Crippen molar-refractivity contribution < 1.29 is 0 Å². The molecule has 1 aromatic carbocycles. The fourth-order valence-corrected chi connectivity index (χ4v) is 2.64. The van der Waals surface area contributed by atoms with Crippen molar-refractivity contribution in [2.45, 2.75) is 32.7 Å². The van der Waals surface area contributed by atoms with Gasteiger partial charge in [-0.2, -0.15) is 0 Å². The number of aliphatic imine (C=N–C) groups is 1. The third-order valence-corrected chi connectivity index (χ3v) is 4.00. The molecule has 2 rings (SSSR count). The van der Waals surface area contributed by atoms with E-state index >= 15 is 0 Å². The summed E-state index contributed by atoms with van der Waals surface area (Å²) in [7, 11) is 0. The van der Waals surface area contributed by atoms with Crippen molar-refractivity contribution in [2.75, 3.05) is 0 Å². The Morgan fingerprint density at radius 3 is 2.40 bits per heavy atom. The molecule has 106 valence electrons. The Labute approximate surface area is 123 Å². The third-order valence-electron chi connectivity index (χ3n) is 2.97. The van der Waals surface area contributed by atoms with Crippen LogP contribution in [0.2, 0.25) is 0 Å². The van der Waals surface area contributed by atoms with E-state index < -0.39 is 0 Å². The molecule has 0 amide bonds. The molecule has 2 aromatic rings. The van der Waals surface area contributed by atoms with Gasteiger partial charge < -0.3 is 11.5 Å². The van der Waals surface area contributed by atoms with Gasteiger partial charge in [-0.1, -0.05) is 45.0 Å². The summed E-state index contributed by atoms with van der Waals surface area (Å²) < 4.78 is 0. The summed E-state index contributed by atoms with van der Waals surface area (Å²) in [4.78, 5) is 9.46. The fourth-order valence-electron chi connectivity index (χ4n) is 1.80. The van der Waals surface area contributed by atoms with Crippen LogP contribution in [0.3, 0.4) is 0 Å². The summed E-state index contributed by atoms with van der Waals surface area (Å²) in [5, 5.41) is 0.992. The fraction of sp³-hybridized carbons (Fsp3) is 0.333. The molecule has 1 aromatic heterocycles. The number of guanidine groups is 1. The van der Waals surface area contributed by atoms with E-state index in [9.17, 15) is 0 Å². The van der Waals surface area contributed by atoms with Gasteiger partial charge in [0.15, 0.2) is 5.96 Å². The molecule has 0 saturated heterocycles. The number of nitrogens with zero attached hydrogens (tertiary/aromatic N) is 2. The number of thiazole rings is 1. The zero-order chi connectivity index (χ0) is 14.8. The first-order chi connectivity index (χ1) is 9.36. The van der Waals surface area contributed by atoms with Crippen LogP contribution in [0.1, 0.15) is 31.2 Å². The predicted molar refractivity (Wildman–Crippen MR) is 85.8 cm³/mol. The molecule has 0 aliphatic carbocycles. The minimum atomic E-state index is 0.106. The first-order valence-corrected chi connectivity index (χ1v) is 7.29. The largest absolute Gasteiger partial charge is 0.370 e. The smallest absolute Gasteiger partial charge is 0.186 e. The summed E-state index contributed by atoms with van der Waals surface area (Å²) in [6.07, 6.45) is 1.82. The Balaban J connectivity index is 2.18. The van der Waals surface area contributed by atoms with Crippen LogP contribution in [-0.4, -0.2) is 10.9 Å². The van der Waals surface area contributed by atoms with Gasteiger partial charge in [0.1, 0.15) is 5.01 Å². The average molecular weight is 288 g/mol. The van der Waals surface area contributed by atoms with Gasteiger partial charge >= 0.3 is 0 Å². The quantitative estimate of drug-likeness (QED) is 0.673.